The van der Waals surface area contributed by atoms with E-state index in [0.717, 1.165) is 23.5 Å². The Morgan fingerprint density at radius 1 is 1.03 bits per heavy atom. The van der Waals surface area contributed by atoms with E-state index in [-0.39, 0.29) is 18.1 Å². The highest BCUT2D eigenvalue weighted by molar-refractivity contribution is 6.14. The summed E-state index contributed by atoms with van der Waals surface area (Å²) in [6.07, 6.45) is 3.72. The van der Waals surface area contributed by atoms with E-state index in [2.05, 4.69) is 11.0 Å². The van der Waals surface area contributed by atoms with Gasteiger partial charge in [0.25, 0.3) is 5.69 Å². The smallest absolute Gasteiger partial charge is 0.270 e. The highest BCUT2D eigenvalue weighted by atomic mass is 35.5. The van der Waals surface area contributed by atoms with Crippen LogP contribution in [0.1, 0.15) is 11.1 Å². The number of nitro benzene ring substituents is 1. The first-order chi connectivity index (χ1) is 14.6. The first-order valence-corrected chi connectivity index (χ1v) is 9.66. The van der Waals surface area contributed by atoms with Crippen molar-refractivity contribution in [2.45, 2.75) is 0 Å². The van der Waals surface area contributed by atoms with Crippen LogP contribution in [0.5, 0.6) is 11.5 Å². The zero-order valence-electron chi connectivity index (χ0n) is 17.0. The van der Waals surface area contributed by atoms with Gasteiger partial charge in [-0.15, -0.1) is 12.4 Å². The van der Waals surface area contributed by atoms with Crippen molar-refractivity contribution in [2.24, 2.45) is 4.99 Å². The summed E-state index contributed by atoms with van der Waals surface area (Å²) < 4.78 is 5.97. The van der Waals surface area contributed by atoms with Crippen molar-refractivity contribution in [3.8, 4) is 11.5 Å². The van der Waals surface area contributed by atoms with Crippen LogP contribution in [0.25, 0.3) is 6.08 Å². The lowest BCUT2D eigenvalue weighted by atomic mass is 10.1. The van der Waals surface area contributed by atoms with Gasteiger partial charge in [-0.25, -0.2) is 0 Å². The number of hydrogen-bond acceptors (Lipinski definition) is 5. The van der Waals surface area contributed by atoms with Crippen LogP contribution in [-0.2, 0) is 0 Å². The summed E-state index contributed by atoms with van der Waals surface area (Å²) in [4.78, 5) is 17.8. The molecule has 0 spiro atoms. The Hall–Kier alpha value is -3.64. The van der Waals surface area contributed by atoms with Crippen LogP contribution in [0, 0.1) is 10.1 Å². The summed E-state index contributed by atoms with van der Waals surface area (Å²) in [5, 5.41) is 11.3. The molecule has 0 amide bonds. The van der Waals surface area contributed by atoms with Crippen molar-refractivity contribution >= 4 is 35.6 Å². The van der Waals surface area contributed by atoms with Crippen LogP contribution in [-0.4, -0.2) is 30.8 Å². The molecule has 0 saturated heterocycles. The average molecular weight is 436 g/mol. The fraction of sp³-hybridized carbons (Fsp3) is 0.125. The molecular formula is C24H22ClN3O3. The van der Waals surface area contributed by atoms with Gasteiger partial charge in [-0.05, 0) is 36.4 Å². The third kappa shape index (κ3) is 5.10. The van der Waals surface area contributed by atoms with Gasteiger partial charge in [-0.3, -0.25) is 15.1 Å². The molecule has 3 aromatic rings. The number of rotatable bonds is 5. The van der Waals surface area contributed by atoms with E-state index in [9.17, 15) is 10.1 Å². The van der Waals surface area contributed by atoms with Crippen molar-refractivity contribution in [3.05, 3.63) is 100 Å². The number of halogens is 1. The van der Waals surface area contributed by atoms with Gasteiger partial charge < -0.3 is 9.64 Å². The molecule has 4 rings (SSSR count). The van der Waals surface area contributed by atoms with Crippen LogP contribution in [0.2, 0.25) is 0 Å². The number of benzodiazepines with no additional fused rings is 1. The zero-order chi connectivity index (χ0) is 20.9. The summed E-state index contributed by atoms with van der Waals surface area (Å²) >= 11 is 0. The third-order valence-electron chi connectivity index (χ3n) is 4.90. The average Bonchev–Trinajstić information content (AvgIpc) is 2.92. The third-order valence-corrected chi connectivity index (χ3v) is 4.90. The fourth-order valence-electron chi connectivity index (χ4n) is 3.35. The lowest BCUT2D eigenvalue weighted by Crippen LogP contribution is -2.20. The van der Waals surface area contributed by atoms with Gasteiger partial charge in [0.1, 0.15) is 11.5 Å². The van der Waals surface area contributed by atoms with E-state index in [1.54, 1.807) is 6.07 Å². The molecule has 1 aliphatic heterocycles. The minimum atomic E-state index is -0.406. The van der Waals surface area contributed by atoms with Crippen LogP contribution >= 0.6 is 12.4 Å². The molecule has 0 fully saturated rings. The second-order valence-electron chi connectivity index (χ2n) is 6.93. The quantitative estimate of drug-likeness (QED) is 0.377. The maximum Gasteiger partial charge on any atom is 0.270 e. The zero-order valence-corrected chi connectivity index (χ0v) is 17.8. The number of benzene rings is 3. The number of hydrogen-bond donors (Lipinski definition) is 0. The molecule has 0 bridgehead atoms. The van der Waals surface area contributed by atoms with Gasteiger partial charge in [0.15, 0.2) is 0 Å². The van der Waals surface area contributed by atoms with E-state index in [1.165, 1.54) is 12.1 Å². The molecule has 0 N–H and O–H groups in total. The van der Waals surface area contributed by atoms with Crippen molar-refractivity contribution in [3.63, 3.8) is 0 Å². The van der Waals surface area contributed by atoms with E-state index < -0.39 is 4.92 Å². The van der Waals surface area contributed by atoms with Crippen molar-refractivity contribution in [2.75, 3.05) is 25.0 Å². The lowest BCUT2D eigenvalue weighted by Gasteiger charge is -2.18. The van der Waals surface area contributed by atoms with Gasteiger partial charge in [-0.2, -0.15) is 0 Å². The van der Waals surface area contributed by atoms with Crippen LogP contribution in [0.15, 0.2) is 83.9 Å². The van der Waals surface area contributed by atoms with Crippen molar-refractivity contribution in [1.29, 1.82) is 0 Å². The first-order valence-electron chi connectivity index (χ1n) is 9.66. The van der Waals surface area contributed by atoms with Gasteiger partial charge >= 0.3 is 0 Å². The van der Waals surface area contributed by atoms with E-state index >= 15 is 0 Å². The number of nitro groups is 1. The van der Waals surface area contributed by atoms with Gasteiger partial charge in [0.05, 0.1) is 17.2 Å². The molecule has 158 valence electrons. The Morgan fingerprint density at radius 3 is 2.55 bits per heavy atom. The minimum Gasteiger partial charge on any atom is -0.457 e. The molecule has 31 heavy (non-hydrogen) atoms. The number of anilines is 1. The van der Waals surface area contributed by atoms with Crippen molar-refractivity contribution in [1.82, 2.24) is 0 Å². The van der Waals surface area contributed by atoms with Crippen LogP contribution in [0.3, 0.4) is 0 Å². The first kappa shape index (κ1) is 22.1. The molecule has 0 atom stereocenters. The number of fused-ring (bicyclic) bond motifs is 1. The molecule has 6 nitrogen and oxygen atoms in total. The highest BCUT2D eigenvalue weighted by Crippen LogP contribution is 2.30. The van der Waals surface area contributed by atoms with Gasteiger partial charge in [0.2, 0.25) is 0 Å². The molecule has 1 heterocycles. The molecular weight excluding hydrogens is 414 g/mol. The maximum absolute atomic E-state index is 11.3. The second kappa shape index (κ2) is 9.91. The minimum absolute atomic E-state index is 0. The number of likely N-dealkylation sites (N-methyl/N-ethyl adjacent to an activating group) is 1. The summed E-state index contributed by atoms with van der Waals surface area (Å²) in [7, 11) is 2.05. The molecule has 1 aliphatic rings. The Kier molecular flexibility index (Phi) is 7.05. The summed E-state index contributed by atoms with van der Waals surface area (Å²) in [5.41, 5.74) is 3.61. The van der Waals surface area contributed by atoms with Crippen LogP contribution in [0.4, 0.5) is 11.4 Å². The second-order valence-corrected chi connectivity index (χ2v) is 6.93. The van der Waals surface area contributed by atoms with E-state index in [4.69, 9.17) is 9.73 Å². The lowest BCUT2D eigenvalue weighted by molar-refractivity contribution is -0.384. The Morgan fingerprint density at radius 2 is 1.77 bits per heavy atom. The number of nitrogens with zero attached hydrogens (tertiary/aromatic N) is 3. The molecule has 0 aliphatic carbocycles. The number of ether oxygens (including phenoxy) is 1. The molecule has 0 unspecified atom stereocenters. The maximum atomic E-state index is 11.3. The predicted molar refractivity (Wildman–Crippen MR) is 127 cm³/mol. The fourth-order valence-corrected chi connectivity index (χ4v) is 3.35. The molecule has 0 saturated carbocycles. The molecule has 3 aromatic carbocycles. The molecule has 7 heteroatoms. The number of aliphatic imine (C=N–C) groups is 1. The molecule has 0 radical (unpaired) electrons. The number of para-hydroxylation sites is 2. The normalized spacial score (nSPS) is 13.1. The number of non-ortho nitro benzene ring substituents is 1. The van der Waals surface area contributed by atoms with Gasteiger partial charge in [-0.1, -0.05) is 36.4 Å². The highest BCUT2D eigenvalue weighted by Gasteiger charge is 2.15. The Balaban J connectivity index is 0.00000272. The van der Waals surface area contributed by atoms with E-state index in [0.29, 0.717) is 23.6 Å². The SMILES string of the molecule is CN1CCN=C(/C=C/c2cc([N+](=O)[O-])ccc2Oc2ccccc2)c2ccccc21.Cl. The molecule has 0 aromatic heterocycles. The predicted octanol–water partition coefficient (Wildman–Crippen LogP) is 5.76. The summed E-state index contributed by atoms with van der Waals surface area (Å²) in [6.45, 7) is 1.50. The van der Waals surface area contributed by atoms with Gasteiger partial charge in [0, 0.05) is 42.5 Å². The van der Waals surface area contributed by atoms with Crippen LogP contribution < -0.4 is 9.64 Å². The van der Waals surface area contributed by atoms with E-state index in [1.807, 2.05) is 67.7 Å². The monoisotopic (exact) mass is 435 g/mol. The Labute approximate surface area is 187 Å². The summed E-state index contributed by atoms with van der Waals surface area (Å²) in [6, 6.07) is 22.0. The summed E-state index contributed by atoms with van der Waals surface area (Å²) in [5.74, 6) is 1.21. The topological polar surface area (TPSA) is 68.0 Å². The standard InChI is InChI=1S/C24H21N3O3.ClH/c1-26-16-15-25-22(21-9-5-6-10-23(21)26)13-11-18-17-19(27(28)29)12-14-24(18)30-20-7-3-2-4-8-20;/h2-14,17H,15-16H2,1H3;1H/b13-11+;. The number of allylic oxidation sites excluding steroid dienone is 1. The van der Waals surface area contributed by atoms with Crippen molar-refractivity contribution < 1.29 is 9.66 Å². The largest absolute Gasteiger partial charge is 0.457 e. The Bertz CT molecular complexity index is 1130.